The molecule has 0 aliphatic carbocycles. The first-order valence-electron chi connectivity index (χ1n) is 8.40. The molecule has 0 fully saturated rings. The van der Waals surface area contributed by atoms with Crippen LogP contribution < -0.4 is 10.2 Å². The Bertz CT molecular complexity index is 830. The van der Waals surface area contributed by atoms with Crippen molar-refractivity contribution in [2.24, 2.45) is 0 Å². The summed E-state index contributed by atoms with van der Waals surface area (Å²) in [4.78, 5) is 25.6. The maximum absolute atomic E-state index is 12.6. The van der Waals surface area contributed by atoms with E-state index < -0.39 is 11.7 Å². The number of rotatable bonds is 5. The molecule has 2 aromatic rings. The van der Waals surface area contributed by atoms with Gasteiger partial charge in [0.2, 0.25) is 11.8 Å². The highest BCUT2D eigenvalue weighted by Gasteiger charge is 2.30. The number of alkyl halides is 3. The topological polar surface area (TPSA) is 49.4 Å². The number of benzene rings is 2. The smallest absolute Gasteiger partial charge is 0.326 e. The van der Waals surface area contributed by atoms with Crippen molar-refractivity contribution in [1.29, 1.82) is 0 Å². The molecule has 0 saturated heterocycles. The summed E-state index contributed by atoms with van der Waals surface area (Å²) < 4.78 is 37.7. The van der Waals surface area contributed by atoms with Crippen LogP contribution in [0.2, 0.25) is 0 Å². The van der Waals surface area contributed by atoms with Crippen LogP contribution in [-0.4, -0.2) is 18.4 Å². The van der Waals surface area contributed by atoms with E-state index in [0.29, 0.717) is 0 Å². The van der Waals surface area contributed by atoms with Gasteiger partial charge in [0, 0.05) is 31.3 Å². The first-order valence-corrected chi connectivity index (χ1v) is 8.40. The molecule has 2 rings (SSSR count). The lowest BCUT2D eigenvalue weighted by atomic mass is 10.1. The van der Waals surface area contributed by atoms with Crippen LogP contribution in [0.1, 0.15) is 30.0 Å². The van der Waals surface area contributed by atoms with Gasteiger partial charge in [-0.1, -0.05) is 17.7 Å². The van der Waals surface area contributed by atoms with Crippen LogP contribution in [0.25, 0.3) is 0 Å². The minimum absolute atomic E-state index is 0.0217. The molecule has 144 valence electrons. The number of nitrogens with one attached hydrogen (secondary N) is 1. The van der Waals surface area contributed by atoms with Crippen LogP contribution in [-0.2, 0) is 15.8 Å². The Hall–Kier alpha value is -2.83. The third kappa shape index (κ3) is 5.57. The van der Waals surface area contributed by atoms with Gasteiger partial charge in [-0.25, -0.2) is 0 Å². The minimum Gasteiger partial charge on any atom is -0.326 e. The van der Waals surface area contributed by atoms with Crippen molar-refractivity contribution < 1.29 is 22.8 Å². The summed E-state index contributed by atoms with van der Waals surface area (Å²) >= 11 is 0. The molecule has 0 bridgehead atoms. The predicted octanol–water partition coefficient (Wildman–Crippen LogP) is 4.70. The summed E-state index contributed by atoms with van der Waals surface area (Å²) in [5.74, 6) is -0.574. The number of amides is 2. The summed E-state index contributed by atoms with van der Waals surface area (Å²) in [5, 5.41) is 2.55. The maximum Gasteiger partial charge on any atom is 0.416 e. The average Bonchev–Trinajstić information content (AvgIpc) is 2.56. The van der Waals surface area contributed by atoms with Gasteiger partial charge in [-0.2, -0.15) is 13.2 Å². The third-order valence-electron chi connectivity index (χ3n) is 4.08. The lowest BCUT2D eigenvalue weighted by molar-refractivity contribution is -0.137. The van der Waals surface area contributed by atoms with Crippen molar-refractivity contribution in [3.8, 4) is 0 Å². The number of hydrogen-bond acceptors (Lipinski definition) is 2. The molecule has 0 heterocycles. The number of anilines is 2. The Morgan fingerprint density at radius 2 is 1.67 bits per heavy atom. The van der Waals surface area contributed by atoms with E-state index in [9.17, 15) is 22.8 Å². The second kappa shape index (κ2) is 8.24. The fourth-order valence-electron chi connectivity index (χ4n) is 2.74. The highest BCUT2D eigenvalue weighted by molar-refractivity contribution is 5.95. The first-order chi connectivity index (χ1) is 12.6. The molecular formula is C20H21F3N2O2. The quantitative estimate of drug-likeness (QED) is 0.820. The van der Waals surface area contributed by atoms with Crippen molar-refractivity contribution >= 4 is 23.2 Å². The van der Waals surface area contributed by atoms with E-state index in [1.807, 2.05) is 32.0 Å². The molecule has 7 heteroatoms. The molecule has 2 amide bonds. The van der Waals surface area contributed by atoms with Crippen LogP contribution in [0.5, 0.6) is 0 Å². The summed E-state index contributed by atoms with van der Waals surface area (Å²) in [5.41, 5.74) is 2.22. The van der Waals surface area contributed by atoms with E-state index >= 15 is 0 Å². The van der Waals surface area contributed by atoms with Gasteiger partial charge >= 0.3 is 6.18 Å². The van der Waals surface area contributed by atoms with Crippen LogP contribution >= 0.6 is 0 Å². The molecule has 0 radical (unpaired) electrons. The average molecular weight is 378 g/mol. The number of halogens is 3. The molecule has 0 unspecified atom stereocenters. The number of aryl methyl sites for hydroxylation is 2. The number of hydrogen-bond donors (Lipinski definition) is 1. The standard InChI is InChI=1S/C20H21F3N2O2/c1-13-4-9-18(14(2)12-13)25(15(3)26)11-10-19(27)24-17-7-5-16(6-8-17)20(21,22)23/h4-9,12H,10-11H2,1-3H3,(H,24,27). The van der Waals surface area contributed by atoms with Crippen molar-refractivity contribution in [2.75, 3.05) is 16.8 Å². The monoisotopic (exact) mass is 378 g/mol. The Balaban J connectivity index is 2.01. The van der Waals surface area contributed by atoms with Gasteiger partial charge in [0.15, 0.2) is 0 Å². The van der Waals surface area contributed by atoms with E-state index in [-0.39, 0.29) is 30.5 Å². The lowest BCUT2D eigenvalue weighted by Crippen LogP contribution is -2.32. The molecule has 0 spiro atoms. The molecule has 0 aliphatic rings. The van der Waals surface area contributed by atoms with Crippen LogP contribution in [0.3, 0.4) is 0 Å². The Kier molecular flexibility index (Phi) is 6.25. The Morgan fingerprint density at radius 3 is 2.19 bits per heavy atom. The van der Waals surface area contributed by atoms with Crippen molar-refractivity contribution in [1.82, 2.24) is 0 Å². The van der Waals surface area contributed by atoms with E-state index in [4.69, 9.17) is 0 Å². The van der Waals surface area contributed by atoms with Crippen LogP contribution in [0.15, 0.2) is 42.5 Å². The van der Waals surface area contributed by atoms with Crippen molar-refractivity contribution in [3.63, 3.8) is 0 Å². The zero-order chi connectivity index (χ0) is 20.2. The molecular weight excluding hydrogens is 357 g/mol. The summed E-state index contributed by atoms with van der Waals surface area (Å²) in [6.07, 6.45) is -4.40. The van der Waals surface area contributed by atoms with E-state index in [2.05, 4.69) is 5.32 Å². The predicted molar refractivity (Wildman–Crippen MR) is 98.6 cm³/mol. The van der Waals surface area contributed by atoms with Gasteiger partial charge in [-0.15, -0.1) is 0 Å². The van der Waals surface area contributed by atoms with Crippen LogP contribution in [0.4, 0.5) is 24.5 Å². The number of nitrogens with zero attached hydrogens (tertiary/aromatic N) is 1. The second-order valence-corrected chi connectivity index (χ2v) is 6.33. The summed E-state index contributed by atoms with van der Waals surface area (Å²) in [6, 6.07) is 9.90. The molecule has 2 aromatic carbocycles. The molecule has 0 aliphatic heterocycles. The second-order valence-electron chi connectivity index (χ2n) is 6.33. The molecule has 4 nitrogen and oxygen atoms in total. The minimum atomic E-state index is -4.42. The normalized spacial score (nSPS) is 11.2. The van der Waals surface area contributed by atoms with Gasteiger partial charge in [0.05, 0.1) is 5.56 Å². The highest BCUT2D eigenvalue weighted by atomic mass is 19.4. The van der Waals surface area contributed by atoms with E-state index in [1.54, 1.807) is 0 Å². The summed E-state index contributed by atoms with van der Waals surface area (Å²) in [6.45, 7) is 5.44. The van der Waals surface area contributed by atoms with Crippen LogP contribution in [0, 0.1) is 13.8 Å². The fourth-order valence-corrected chi connectivity index (χ4v) is 2.74. The van der Waals surface area contributed by atoms with Gasteiger partial charge in [0.25, 0.3) is 0 Å². The molecule has 0 aromatic heterocycles. The number of carbonyl (C=O) groups excluding carboxylic acids is 2. The highest BCUT2D eigenvalue weighted by Crippen LogP contribution is 2.29. The lowest BCUT2D eigenvalue weighted by Gasteiger charge is -2.23. The van der Waals surface area contributed by atoms with Gasteiger partial charge in [-0.05, 0) is 49.7 Å². The first kappa shape index (κ1) is 20.5. The maximum atomic E-state index is 12.6. The Labute approximate surface area is 156 Å². The fraction of sp³-hybridized carbons (Fsp3) is 0.300. The Morgan fingerprint density at radius 1 is 1.04 bits per heavy atom. The largest absolute Gasteiger partial charge is 0.416 e. The molecule has 1 N–H and O–H groups in total. The van der Waals surface area contributed by atoms with E-state index in [0.717, 1.165) is 28.9 Å². The summed E-state index contributed by atoms with van der Waals surface area (Å²) in [7, 11) is 0. The van der Waals surface area contributed by atoms with Gasteiger partial charge in [0.1, 0.15) is 0 Å². The molecule has 0 saturated carbocycles. The van der Waals surface area contributed by atoms with Crippen molar-refractivity contribution in [3.05, 3.63) is 59.2 Å². The zero-order valence-electron chi connectivity index (χ0n) is 15.4. The van der Waals surface area contributed by atoms with Gasteiger partial charge in [-0.3, -0.25) is 9.59 Å². The number of carbonyl (C=O) groups is 2. The van der Waals surface area contributed by atoms with Gasteiger partial charge < -0.3 is 10.2 Å². The zero-order valence-corrected chi connectivity index (χ0v) is 15.4. The SMILES string of the molecule is CC(=O)N(CCC(=O)Nc1ccc(C(F)(F)F)cc1)c1ccc(C)cc1C. The third-order valence-corrected chi connectivity index (χ3v) is 4.08. The van der Waals surface area contributed by atoms with Crippen molar-refractivity contribution in [2.45, 2.75) is 33.4 Å². The van der Waals surface area contributed by atoms with E-state index in [1.165, 1.54) is 24.0 Å². The molecule has 27 heavy (non-hydrogen) atoms. The molecule has 0 atom stereocenters.